The van der Waals surface area contributed by atoms with E-state index in [1.54, 1.807) is 0 Å². The molecule has 0 unspecified atom stereocenters. The zero-order valence-electron chi connectivity index (χ0n) is 11.3. The lowest BCUT2D eigenvalue weighted by Gasteiger charge is -2.39. The Balaban J connectivity index is 2.60. The number of hydrogen-bond acceptors (Lipinski definition) is 4. The molecule has 1 fully saturated rings. The van der Waals surface area contributed by atoms with E-state index in [-0.39, 0.29) is 11.7 Å². The van der Waals surface area contributed by atoms with E-state index >= 15 is 0 Å². The summed E-state index contributed by atoms with van der Waals surface area (Å²) in [5, 5.41) is 14.6. The Morgan fingerprint density at radius 1 is 1.56 bits per heavy atom. The van der Waals surface area contributed by atoms with Gasteiger partial charge in [0.05, 0.1) is 5.60 Å². The SMILES string of the molecule is CCOC(C)(C)CNC(=O)C1(C(N)=NO)CCC1. The summed E-state index contributed by atoms with van der Waals surface area (Å²) in [7, 11) is 0. The van der Waals surface area contributed by atoms with Crippen molar-refractivity contribution < 1.29 is 14.7 Å². The quantitative estimate of drug-likeness (QED) is 0.284. The lowest BCUT2D eigenvalue weighted by molar-refractivity contribution is -0.132. The monoisotopic (exact) mass is 257 g/mol. The van der Waals surface area contributed by atoms with Gasteiger partial charge in [-0.05, 0) is 33.6 Å². The van der Waals surface area contributed by atoms with Crippen LogP contribution in [-0.4, -0.2) is 35.7 Å². The molecule has 1 aliphatic carbocycles. The van der Waals surface area contributed by atoms with Crippen molar-refractivity contribution >= 4 is 11.7 Å². The summed E-state index contributed by atoms with van der Waals surface area (Å²) in [4.78, 5) is 12.2. The van der Waals surface area contributed by atoms with E-state index in [0.29, 0.717) is 26.0 Å². The molecule has 1 saturated carbocycles. The Kier molecular flexibility index (Phi) is 4.56. The highest BCUT2D eigenvalue weighted by molar-refractivity contribution is 6.07. The molecule has 0 aliphatic heterocycles. The fraction of sp³-hybridized carbons (Fsp3) is 0.833. The molecule has 0 aromatic rings. The summed E-state index contributed by atoms with van der Waals surface area (Å²) >= 11 is 0. The zero-order chi connectivity index (χ0) is 13.8. The fourth-order valence-electron chi connectivity index (χ4n) is 2.13. The molecule has 0 heterocycles. The van der Waals surface area contributed by atoms with E-state index in [1.165, 1.54) is 0 Å². The normalized spacial score (nSPS) is 19.2. The van der Waals surface area contributed by atoms with Gasteiger partial charge in [0.1, 0.15) is 5.41 Å². The number of nitrogens with two attached hydrogens (primary N) is 1. The number of ether oxygens (including phenoxy) is 1. The maximum atomic E-state index is 12.2. The second-order valence-electron chi connectivity index (χ2n) is 5.30. The molecular formula is C12H23N3O3. The third kappa shape index (κ3) is 2.93. The number of oxime groups is 1. The standard InChI is InChI=1S/C12H23N3O3/c1-4-18-11(2,3)8-14-10(16)12(6-5-7-12)9(13)15-17/h17H,4-8H2,1-3H3,(H2,13,15)(H,14,16). The summed E-state index contributed by atoms with van der Waals surface area (Å²) in [6.45, 7) is 6.73. The van der Waals surface area contributed by atoms with Gasteiger partial charge in [0.2, 0.25) is 5.91 Å². The van der Waals surface area contributed by atoms with Gasteiger partial charge in [0, 0.05) is 13.2 Å². The summed E-state index contributed by atoms with van der Waals surface area (Å²) in [6.07, 6.45) is 2.17. The molecule has 0 aromatic heterocycles. The summed E-state index contributed by atoms with van der Waals surface area (Å²) < 4.78 is 5.51. The van der Waals surface area contributed by atoms with Gasteiger partial charge >= 0.3 is 0 Å². The average molecular weight is 257 g/mol. The minimum atomic E-state index is -0.822. The van der Waals surface area contributed by atoms with Gasteiger partial charge in [0.15, 0.2) is 5.84 Å². The molecular weight excluding hydrogens is 234 g/mol. The van der Waals surface area contributed by atoms with Crippen LogP contribution in [0.5, 0.6) is 0 Å². The first-order valence-corrected chi connectivity index (χ1v) is 6.28. The van der Waals surface area contributed by atoms with Crippen LogP contribution in [0.2, 0.25) is 0 Å². The molecule has 0 saturated heterocycles. The predicted octanol–water partition coefficient (Wildman–Crippen LogP) is 0.834. The molecule has 0 bridgehead atoms. The minimum Gasteiger partial charge on any atom is -0.409 e. The first-order valence-electron chi connectivity index (χ1n) is 6.28. The highest BCUT2D eigenvalue weighted by atomic mass is 16.5. The van der Waals surface area contributed by atoms with Crippen molar-refractivity contribution in [2.75, 3.05) is 13.2 Å². The Hall–Kier alpha value is -1.30. The van der Waals surface area contributed by atoms with Crippen molar-refractivity contribution in [1.29, 1.82) is 0 Å². The van der Waals surface area contributed by atoms with Crippen molar-refractivity contribution in [3.8, 4) is 0 Å². The molecule has 1 rings (SSSR count). The van der Waals surface area contributed by atoms with E-state index in [0.717, 1.165) is 6.42 Å². The predicted molar refractivity (Wildman–Crippen MR) is 68.4 cm³/mol. The van der Waals surface area contributed by atoms with E-state index in [1.807, 2.05) is 20.8 Å². The average Bonchev–Trinajstić information content (AvgIpc) is 2.24. The van der Waals surface area contributed by atoms with Crippen LogP contribution in [0.1, 0.15) is 40.0 Å². The molecule has 4 N–H and O–H groups in total. The number of nitrogens with one attached hydrogen (secondary N) is 1. The van der Waals surface area contributed by atoms with Crippen LogP contribution in [0.25, 0.3) is 0 Å². The zero-order valence-corrected chi connectivity index (χ0v) is 11.3. The third-order valence-corrected chi connectivity index (χ3v) is 3.45. The number of hydrogen-bond donors (Lipinski definition) is 3. The van der Waals surface area contributed by atoms with Crippen molar-refractivity contribution in [2.45, 2.75) is 45.6 Å². The smallest absolute Gasteiger partial charge is 0.234 e. The number of carbonyl (C=O) groups is 1. The molecule has 104 valence electrons. The van der Waals surface area contributed by atoms with Crippen molar-refractivity contribution in [2.24, 2.45) is 16.3 Å². The van der Waals surface area contributed by atoms with Gasteiger partial charge in [-0.25, -0.2) is 0 Å². The lowest BCUT2D eigenvalue weighted by Crippen LogP contribution is -2.56. The van der Waals surface area contributed by atoms with Crippen LogP contribution in [0.15, 0.2) is 5.16 Å². The lowest BCUT2D eigenvalue weighted by atomic mass is 9.67. The number of nitrogens with zero attached hydrogens (tertiary/aromatic N) is 1. The van der Waals surface area contributed by atoms with Crippen molar-refractivity contribution in [3.63, 3.8) is 0 Å². The maximum Gasteiger partial charge on any atom is 0.234 e. The second-order valence-corrected chi connectivity index (χ2v) is 5.30. The van der Waals surface area contributed by atoms with Crippen LogP contribution in [-0.2, 0) is 9.53 Å². The third-order valence-electron chi connectivity index (χ3n) is 3.45. The molecule has 0 aromatic carbocycles. The minimum absolute atomic E-state index is 0.000431. The van der Waals surface area contributed by atoms with Crippen LogP contribution in [0.4, 0.5) is 0 Å². The van der Waals surface area contributed by atoms with E-state index < -0.39 is 11.0 Å². The highest BCUT2D eigenvalue weighted by Gasteiger charge is 2.48. The molecule has 6 nitrogen and oxygen atoms in total. The molecule has 18 heavy (non-hydrogen) atoms. The Bertz CT molecular complexity index is 335. The largest absolute Gasteiger partial charge is 0.409 e. The number of carbonyl (C=O) groups excluding carboxylic acids is 1. The van der Waals surface area contributed by atoms with Crippen molar-refractivity contribution in [3.05, 3.63) is 0 Å². The maximum absolute atomic E-state index is 12.2. The highest BCUT2D eigenvalue weighted by Crippen LogP contribution is 2.41. The Morgan fingerprint density at radius 3 is 2.56 bits per heavy atom. The number of amides is 1. The van der Waals surface area contributed by atoms with Crippen LogP contribution < -0.4 is 11.1 Å². The molecule has 0 radical (unpaired) electrons. The van der Waals surface area contributed by atoms with Gasteiger partial charge in [-0.3, -0.25) is 4.79 Å². The summed E-state index contributed by atoms with van der Waals surface area (Å²) in [5.41, 5.74) is 4.38. The number of amidine groups is 1. The topological polar surface area (TPSA) is 96.9 Å². The Morgan fingerprint density at radius 2 is 2.17 bits per heavy atom. The molecule has 0 spiro atoms. The summed E-state index contributed by atoms with van der Waals surface area (Å²) in [6, 6.07) is 0. The molecule has 1 amide bonds. The Labute approximate surface area is 108 Å². The van der Waals surface area contributed by atoms with Crippen LogP contribution in [0.3, 0.4) is 0 Å². The van der Waals surface area contributed by atoms with Crippen LogP contribution in [0, 0.1) is 5.41 Å². The van der Waals surface area contributed by atoms with E-state index in [4.69, 9.17) is 15.7 Å². The van der Waals surface area contributed by atoms with Gasteiger partial charge in [-0.15, -0.1) is 0 Å². The van der Waals surface area contributed by atoms with Crippen molar-refractivity contribution in [1.82, 2.24) is 5.32 Å². The van der Waals surface area contributed by atoms with E-state index in [9.17, 15) is 4.79 Å². The first kappa shape index (κ1) is 14.8. The molecule has 6 heteroatoms. The van der Waals surface area contributed by atoms with Gasteiger partial charge in [-0.1, -0.05) is 11.6 Å². The fourth-order valence-corrected chi connectivity index (χ4v) is 2.13. The first-order chi connectivity index (χ1) is 8.38. The van der Waals surface area contributed by atoms with Gasteiger partial charge in [0.25, 0.3) is 0 Å². The summed E-state index contributed by atoms with van der Waals surface area (Å²) in [5.74, 6) is -0.183. The van der Waals surface area contributed by atoms with E-state index in [2.05, 4.69) is 10.5 Å². The van der Waals surface area contributed by atoms with Gasteiger partial charge < -0.3 is 21.0 Å². The molecule has 1 aliphatic rings. The van der Waals surface area contributed by atoms with Gasteiger partial charge in [-0.2, -0.15) is 0 Å². The second kappa shape index (κ2) is 5.56. The number of rotatable bonds is 6. The van der Waals surface area contributed by atoms with Crippen LogP contribution >= 0.6 is 0 Å². The molecule has 0 atom stereocenters.